The van der Waals surface area contributed by atoms with E-state index in [1.807, 2.05) is 0 Å². The Labute approximate surface area is 239 Å². The molecule has 3 rings (SSSR count). The molecule has 0 radical (unpaired) electrons. The zero-order chi connectivity index (χ0) is 29.4. The van der Waals surface area contributed by atoms with Crippen LogP contribution in [0.5, 0.6) is 0 Å². The van der Waals surface area contributed by atoms with E-state index in [1.54, 1.807) is 40.0 Å². The molecule has 0 spiro atoms. The summed E-state index contributed by atoms with van der Waals surface area (Å²) in [5.41, 5.74) is 4.14. The lowest BCUT2D eigenvalue weighted by molar-refractivity contribution is -0.143. The number of likely N-dealkylation sites (tertiary alicyclic amines) is 1. The number of piperidine rings is 1. The van der Waals surface area contributed by atoms with Gasteiger partial charge in [-0.2, -0.15) is 0 Å². The van der Waals surface area contributed by atoms with Crippen LogP contribution >= 0.6 is 34.5 Å². The lowest BCUT2D eigenvalue weighted by Gasteiger charge is -2.37. The number of carbonyl (C=O) groups is 6. The predicted octanol–water partition coefficient (Wildman–Crippen LogP) is 0.866. The molecule has 1 unspecified atom stereocenters. The number of urea groups is 1. The van der Waals surface area contributed by atoms with E-state index >= 15 is 0 Å². The average Bonchev–Trinajstić information content (AvgIpc) is 3.29. The quantitative estimate of drug-likeness (QED) is 0.174. The number of primary amides is 1. The highest BCUT2D eigenvalue weighted by Crippen LogP contribution is 2.65. The molecule has 1 saturated carbocycles. The van der Waals surface area contributed by atoms with E-state index in [4.69, 9.17) is 28.9 Å². The van der Waals surface area contributed by atoms with Crippen LogP contribution in [0.1, 0.15) is 44.4 Å². The SMILES string of the molecule is CC(C)[C@H](NC(=O)N[C@H](C(=O)N1CC2[C@@H]([C@H]1C(=O)NCC(=O)C(N)=O)C2(Cl)Cl)C(C)(C)C)C(=O)c1nccs1. The van der Waals surface area contributed by atoms with Gasteiger partial charge >= 0.3 is 6.03 Å². The molecule has 2 heterocycles. The molecule has 0 aromatic carbocycles. The zero-order valence-corrected chi connectivity index (χ0v) is 24.4. The minimum absolute atomic E-state index is 0.0470. The van der Waals surface area contributed by atoms with Crippen molar-refractivity contribution in [2.45, 2.75) is 57.1 Å². The third-order valence-electron chi connectivity index (χ3n) is 6.85. The number of aromatic nitrogens is 1. The topological polar surface area (TPSA) is 181 Å². The number of fused-ring (bicyclic) bond motifs is 1. The second-order valence-electron chi connectivity index (χ2n) is 11.1. The van der Waals surface area contributed by atoms with Gasteiger partial charge in [-0.25, -0.2) is 9.78 Å². The van der Waals surface area contributed by atoms with Crippen LogP contribution in [0.15, 0.2) is 11.6 Å². The fraction of sp³-hybridized carbons (Fsp3) is 0.625. The molecule has 1 aromatic rings. The summed E-state index contributed by atoms with van der Waals surface area (Å²) in [7, 11) is 0. The summed E-state index contributed by atoms with van der Waals surface area (Å²) in [4.78, 5) is 80.8. The van der Waals surface area contributed by atoms with Gasteiger partial charge < -0.3 is 26.6 Å². The van der Waals surface area contributed by atoms with Gasteiger partial charge in [-0.05, 0) is 11.3 Å². The van der Waals surface area contributed by atoms with Crippen molar-refractivity contribution in [3.8, 4) is 0 Å². The number of thiazole rings is 1. The van der Waals surface area contributed by atoms with Gasteiger partial charge in [-0.15, -0.1) is 34.5 Å². The Morgan fingerprint density at radius 1 is 1.18 bits per heavy atom. The van der Waals surface area contributed by atoms with Crippen LogP contribution in [-0.4, -0.2) is 80.8 Å². The van der Waals surface area contributed by atoms with Gasteiger partial charge in [0.05, 0.1) is 12.6 Å². The first-order valence-corrected chi connectivity index (χ1v) is 13.9. The van der Waals surface area contributed by atoms with Crippen LogP contribution in [0.4, 0.5) is 4.79 Å². The number of Topliss-reactive ketones (excluding diaryl/α,β-unsaturated/α-hetero) is 2. The van der Waals surface area contributed by atoms with E-state index < -0.39 is 75.8 Å². The Kier molecular flexibility index (Phi) is 8.98. The van der Waals surface area contributed by atoms with Crippen LogP contribution in [0.3, 0.4) is 0 Å². The van der Waals surface area contributed by atoms with E-state index in [0.717, 1.165) is 11.3 Å². The molecule has 0 bridgehead atoms. The summed E-state index contributed by atoms with van der Waals surface area (Å²) >= 11 is 13.8. The molecule has 39 heavy (non-hydrogen) atoms. The third kappa shape index (κ3) is 6.52. The summed E-state index contributed by atoms with van der Waals surface area (Å²) in [6, 6.07) is -3.88. The number of rotatable bonds is 10. The maximum atomic E-state index is 13.8. The molecular formula is C24H32Cl2N6O6S. The van der Waals surface area contributed by atoms with Gasteiger partial charge in [0.2, 0.25) is 23.4 Å². The van der Waals surface area contributed by atoms with Gasteiger partial charge in [0.25, 0.3) is 5.91 Å². The monoisotopic (exact) mass is 602 g/mol. The lowest BCUT2D eigenvalue weighted by atomic mass is 9.85. The number of carbonyl (C=O) groups excluding carboxylic acids is 6. The Morgan fingerprint density at radius 2 is 1.82 bits per heavy atom. The molecule has 1 aliphatic heterocycles. The number of ketones is 2. The summed E-state index contributed by atoms with van der Waals surface area (Å²) in [5.74, 6) is -5.13. The maximum absolute atomic E-state index is 13.8. The standard InChI is InChI=1S/C24H32Cl2N6O6S/c1-10(2)14(16(34)20-28-6-7-39-20)30-22(38)31-17(23(3,4)5)21(37)32-9-11-13(24(11,25)26)15(32)19(36)29-8-12(33)18(27)35/h6-7,10-11,13-15,17H,8-9H2,1-5H3,(H2,27,35)(H,29,36)(H2,30,31,38)/t11?,13-,14-,15-,17+/m0/s1. The predicted molar refractivity (Wildman–Crippen MR) is 144 cm³/mol. The molecule has 1 aromatic heterocycles. The zero-order valence-electron chi connectivity index (χ0n) is 22.1. The first-order valence-electron chi connectivity index (χ1n) is 12.3. The highest BCUT2D eigenvalue weighted by molar-refractivity contribution is 7.11. The Morgan fingerprint density at radius 3 is 2.33 bits per heavy atom. The molecule has 1 aliphatic carbocycles. The van der Waals surface area contributed by atoms with Crippen molar-refractivity contribution in [3.63, 3.8) is 0 Å². The highest BCUT2D eigenvalue weighted by Gasteiger charge is 2.74. The van der Waals surface area contributed by atoms with Gasteiger partial charge in [-0.3, -0.25) is 24.0 Å². The Balaban J connectivity index is 1.78. The minimum Gasteiger partial charge on any atom is -0.363 e. The van der Waals surface area contributed by atoms with Crippen molar-refractivity contribution < 1.29 is 28.8 Å². The molecule has 5 atom stereocenters. The Hall–Kier alpha value is -2.77. The van der Waals surface area contributed by atoms with Gasteiger partial charge in [0, 0.05) is 30.0 Å². The number of hydrogen-bond acceptors (Lipinski definition) is 8. The number of hydrogen-bond donors (Lipinski definition) is 4. The molecule has 2 fully saturated rings. The van der Waals surface area contributed by atoms with E-state index in [9.17, 15) is 28.8 Å². The third-order valence-corrected chi connectivity index (χ3v) is 8.70. The molecule has 15 heteroatoms. The fourth-order valence-corrected chi connectivity index (χ4v) is 6.08. The molecule has 214 valence electrons. The molecular weight excluding hydrogens is 571 g/mol. The summed E-state index contributed by atoms with van der Waals surface area (Å²) in [6.45, 7) is 8.16. The van der Waals surface area contributed by atoms with Crippen molar-refractivity contribution in [2.75, 3.05) is 13.1 Å². The van der Waals surface area contributed by atoms with Crippen molar-refractivity contribution in [1.29, 1.82) is 0 Å². The smallest absolute Gasteiger partial charge is 0.316 e. The summed E-state index contributed by atoms with van der Waals surface area (Å²) < 4.78 is -1.24. The fourth-order valence-electron chi connectivity index (χ4n) is 4.63. The van der Waals surface area contributed by atoms with Gasteiger partial charge in [-0.1, -0.05) is 34.6 Å². The lowest BCUT2D eigenvalue weighted by Crippen LogP contribution is -2.61. The first-order chi connectivity index (χ1) is 18.0. The summed E-state index contributed by atoms with van der Waals surface area (Å²) in [6.07, 6.45) is 1.50. The van der Waals surface area contributed by atoms with Crippen LogP contribution in [0.2, 0.25) is 0 Å². The highest BCUT2D eigenvalue weighted by atomic mass is 35.5. The number of amides is 5. The van der Waals surface area contributed by atoms with Crippen LogP contribution in [-0.2, 0) is 19.2 Å². The van der Waals surface area contributed by atoms with E-state index in [0.29, 0.717) is 0 Å². The number of halogens is 2. The minimum atomic E-state index is -1.24. The normalized spacial score (nSPS) is 22.9. The van der Waals surface area contributed by atoms with E-state index in [-0.39, 0.29) is 23.3 Å². The van der Waals surface area contributed by atoms with Gasteiger partial charge in [0.1, 0.15) is 16.4 Å². The molecule has 2 aliphatic rings. The molecule has 12 nitrogen and oxygen atoms in total. The van der Waals surface area contributed by atoms with Crippen molar-refractivity contribution in [3.05, 3.63) is 16.6 Å². The van der Waals surface area contributed by atoms with Crippen molar-refractivity contribution in [2.24, 2.45) is 28.9 Å². The molecule has 5 N–H and O–H groups in total. The van der Waals surface area contributed by atoms with Crippen LogP contribution < -0.4 is 21.7 Å². The van der Waals surface area contributed by atoms with E-state index in [1.165, 1.54) is 11.1 Å². The summed E-state index contributed by atoms with van der Waals surface area (Å²) in [5, 5.41) is 9.56. The van der Waals surface area contributed by atoms with Crippen molar-refractivity contribution in [1.82, 2.24) is 25.8 Å². The Bertz CT molecular complexity index is 1170. The largest absolute Gasteiger partial charge is 0.363 e. The molecule has 5 amide bonds. The van der Waals surface area contributed by atoms with Gasteiger partial charge in [0.15, 0.2) is 5.01 Å². The first kappa shape index (κ1) is 30.8. The maximum Gasteiger partial charge on any atom is 0.316 e. The second-order valence-corrected chi connectivity index (χ2v) is 13.4. The van der Waals surface area contributed by atoms with Crippen LogP contribution in [0, 0.1) is 23.2 Å². The average molecular weight is 604 g/mol. The second kappa shape index (κ2) is 11.4. The van der Waals surface area contributed by atoms with Crippen molar-refractivity contribution >= 4 is 69.9 Å². The number of nitrogens with zero attached hydrogens (tertiary/aromatic N) is 2. The van der Waals surface area contributed by atoms with E-state index in [2.05, 4.69) is 20.9 Å². The molecule has 1 saturated heterocycles. The van der Waals surface area contributed by atoms with Crippen LogP contribution in [0.25, 0.3) is 0 Å². The number of alkyl halides is 2. The number of nitrogens with one attached hydrogen (secondary N) is 3. The number of nitrogens with two attached hydrogens (primary N) is 1.